The third kappa shape index (κ3) is 27.8. The maximum Gasteiger partial charge on any atom is 1.00 e. The van der Waals surface area contributed by atoms with E-state index >= 15 is 0 Å². The molecule has 4 amide bonds. The van der Waals surface area contributed by atoms with Crippen molar-refractivity contribution in [2.45, 2.75) is 303 Å². The number of amides is 4. The molecule has 17 rings (SSSR count). The van der Waals surface area contributed by atoms with Crippen molar-refractivity contribution < 1.29 is 116 Å². The van der Waals surface area contributed by atoms with Crippen LogP contribution in [0.5, 0.6) is 0 Å². The number of fused-ring (bicyclic) bond motifs is 7. The number of methoxy groups -OCH3 is 3. The first-order valence-electron chi connectivity index (χ1n) is 48.4. The van der Waals surface area contributed by atoms with Crippen LogP contribution in [0.4, 0.5) is 20.1 Å². The zero-order valence-corrected chi connectivity index (χ0v) is 89.9. The van der Waals surface area contributed by atoms with Gasteiger partial charge in [0.2, 0.25) is 0 Å². The Morgan fingerprint density at radius 2 is 0.720 bits per heavy atom. The summed E-state index contributed by atoms with van der Waals surface area (Å²) in [5.41, 5.74) is 16.5. The van der Waals surface area contributed by atoms with E-state index in [0.717, 1.165) is 112 Å². The first kappa shape index (κ1) is 115. The predicted octanol–water partition coefficient (Wildman–Crippen LogP) is 20.6. The summed E-state index contributed by atoms with van der Waals surface area (Å²) >= 11 is 3.38. The van der Waals surface area contributed by atoms with Crippen molar-refractivity contribution in [3.63, 3.8) is 0 Å². The second-order valence-electron chi connectivity index (χ2n) is 45.8. The second-order valence-corrected chi connectivity index (χ2v) is 46.8. The molecule has 2 fully saturated rings. The molecule has 3 atom stereocenters. The Labute approximate surface area is 862 Å². The largest absolute Gasteiger partial charge is 1.00 e. The fourth-order valence-electron chi connectivity index (χ4n) is 20.9. The molecule has 3 heterocycles. The molecule has 0 radical (unpaired) electrons. The molecule has 6 N–H and O–H groups in total. The zero-order chi connectivity index (χ0) is 104. The van der Waals surface area contributed by atoms with E-state index in [-0.39, 0.29) is 121 Å². The van der Waals surface area contributed by atoms with Crippen LogP contribution in [0.2, 0.25) is 0 Å². The quantitative estimate of drug-likeness (QED) is 0.0294. The molecule has 0 saturated carbocycles. The molecule has 143 heavy (non-hydrogen) atoms. The summed E-state index contributed by atoms with van der Waals surface area (Å²) < 4.78 is 31.2. The van der Waals surface area contributed by atoms with Gasteiger partial charge in [-0.25, -0.2) is 33.6 Å². The number of oxime groups is 1. The maximum absolute atomic E-state index is 13.6. The Kier molecular flexibility index (Phi) is 36.0. The monoisotopic (exact) mass is 2020 g/mol. The molecule has 7 aromatic carbocycles. The standard InChI is InChI=1S/C31H42N4O3.C18H25NO4.C17H23NO4.C13H15NO3.C13H14O3.C11H11BrO.C11H12O.Li.H2O/c1-29(2,3)38-28(37)33-26-21-30(4,5)25-7-6-22(20-24(25)26)27(36)35-18-12-31(13-19-35)10-16-34(17-11-31)23-8-14-32-15-9-23;1-17(2,3)23-16(21)19-14-10-18(4,5)13-8-7-11(9-12(13)14)15(20)22-6;1-16(2,3)22-15(21)18-13-9-17(4,5)12-7-6-10(14(19)20)8-11(12)13;1-13(2)7-11(14-16)9-6-8(12(15)17-3)4-5-10(9)13;1-13(2)7-11(14)9-6-8(12(15)16-3)4-5-10(9)13;1-11(2)6-10(13)8-5-7(12)3-4-9(8)11;1-11(2)7-10(12)8-5-3-4-6-9(8)11;;/h6-9,14-15,20,26H,10-13,16-19,21H2,1-5H3,(H,33,37);7-9,14H,10H2,1-6H3,(H,19,21);6-8,13H,9H2,1-5H3,(H,18,21)(H,19,20);4-6,16H,7H2,1-3H3;4-6H,7H2,1-3H3;3-5H,6H2,1-2H3;3-6H,7H2,1-2H3;;1H2/q;;;;;;;+1;/p-1/b;;;14-11+;;;;;. The van der Waals surface area contributed by atoms with E-state index in [1.165, 1.54) is 56.5 Å². The Morgan fingerprint density at radius 3 is 1.11 bits per heavy atom. The van der Waals surface area contributed by atoms with E-state index in [1.807, 2.05) is 166 Å². The van der Waals surface area contributed by atoms with Crippen molar-refractivity contribution in [1.82, 2.24) is 25.8 Å². The third-order valence-electron chi connectivity index (χ3n) is 28.0. The molecule has 29 heteroatoms. The summed E-state index contributed by atoms with van der Waals surface area (Å²) in [6.45, 7) is 49.7. The number of carboxylic acids is 1. The van der Waals surface area contributed by atoms with E-state index < -0.39 is 47.0 Å². The van der Waals surface area contributed by atoms with Crippen molar-refractivity contribution >= 4 is 92.7 Å². The fourth-order valence-corrected chi connectivity index (χ4v) is 21.2. The number of carbonyl (C=O) groups excluding carboxylic acids is 10. The molecule has 9 aliphatic rings. The van der Waals surface area contributed by atoms with Gasteiger partial charge >= 0.3 is 61.0 Å². The van der Waals surface area contributed by atoms with Crippen LogP contribution in [0.15, 0.2) is 168 Å². The topological polar surface area (TPSA) is 381 Å². The van der Waals surface area contributed by atoms with Crippen LogP contribution in [0, 0.1) is 5.41 Å². The molecule has 0 bridgehead atoms. The number of carbonyl (C=O) groups is 11. The van der Waals surface area contributed by atoms with Gasteiger partial charge in [0, 0.05) is 102 Å². The number of carboxylic acid groups (broad SMARTS) is 1. The number of nitrogens with zero attached hydrogens (tertiary/aromatic N) is 4. The van der Waals surface area contributed by atoms with Crippen LogP contribution in [0.1, 0.15) is 392 Å². The van der Waals surface area contributed by atoms with Gasteiger partial charge < -0.3 is 70.0 Å². The smallest absolute Gasteiger partial charge is 0.870 e. The van der Waals surface area contributed by atoms with Crippen molar-refractivity contribution in [1.29, 1.82) is 0 Å². The number of piperidine rings is 2. The summed E-state index contributed by atoms with van der Waals surface area (Å²) in [6, 6.07) is 44.7. The summed E-state index contributed by atoms with van der Waals surface area (Å²) in [5.74, 6) is -1.38. The van der Waals surface area contributed by atoms with Crippen molar-refractivity contribution in [2.24, 2.45) is 10.6 Å². The first-order valence-corrected chi connectivity index (χ1v) is 49.2. The van der Waals surface area contributed by atoms with Crippen LogP contribution in [0.25, 0.3) is 0 Å². The number of rotatable bonds is 9. The van der Waals surface area contributed by atoms with E-state index in [4.69, 9.17) is 29.3 Å². The van der Waals surface area contributed by atoms with Crippen LogP contribution < -0.4 is 39.7 Å². The van der Waals surface area contributed by atoms with Gasteiger partial charge in [0.25, 0.3) is 5.91 Å². The Bertz CT molecular complexity index is 6130. The summed E-state index contributed by atoms with van der Waals surface area (Å²) in [7, 11) is 4.04. The van der Waals surface area contributed by atoms with E-state index in [1.54, 1.807) is 48.5 Å². The molecular formula is C114H143BrLiN7O20. The summed E-state index contributed by atoms with van der Waals surface area (Å²) in [5, 5.41) is 30.3. The number of ketones is 3. The number of alkyl carbamates (subject to hydrolysis) is 3. The Morgan fingerprint density at radius 1 is 0.399 bits per heavy atom. The minimum absolute atomic E-state index is 0. The number of pyridine rings is 1. The number of benzene rings is 7. The molecular weight excluding hydrogens is 1870 g/mol. The molecule has 27 nitrogen and oxygen atoms in total. The molecule has 8 aromatic rings. The van der Waals surface area contributed by atoms with Crippen LogP contribution in [-0.2, 0) is 66.3 Å². The van der Waals surface area contributed by atoms with Gasteiger partial charge in [-0.1, -0.05) is 179 Å². The minimum Gasteiger partial charge on any atom is -0.870 e. The molecule has 7 aliphatic carbocycles. The summed E-state index contributed by atoms with van der Waals surface area (Å²) in [6.07, 6.45) is 11.6. The number of esters is 3. The number of hydrogen-bond acceptors (Lipinski definition) is 22. The van der Waals surface area contributed by atoms with E-state index in [0.29, 0.717) is 71.0 Å². The van der Waals surface area contributed by atoms with E-state index in [9.17, 15) is 52.7 Å². The number of aromatic nitrogens is 1. The molecule has 1 spiro atoms. The number of anilines is 1. The number of aromatic carboxylic acids is 1. The molecule has 3 unspecified atom stereocenters. The molecule has 762 valence electrons. The summed E-state index contributed by atoms with van der Waals surface area (Å²) in [4.78, 5) is 139. The molecule has 2 aliphatic heterocycles. The van der Waals surface area contributed by atoms with E-state index in [2.05, 4.69) is 164 Å². The molecule has 2 saturated heterocycles. The van der Waals surface area contributed by atoms with Gasteiger partial charge in [-0.3, -0.25) is 24.2 Å². The average molecular weight is 2020 g/mol. The zero-order valence-electron chi connectivity index (χ0n) is 88.3. The molecule has 1 aromatic heterocycles. The Balaban J connectivity index is 0.000000192. The number of halogens is 1. The average Bonchev–Trinajstić information content (AvgIpc) is 1.58. The van der Waals surface area contributed by atoms with Gasteiger partial charge in [-0.2, -0.15) is 0 Å². The second kappa shape index (κ2) is 44.8. The number of hydrogen-bond donors (Lipinski definition) is 5. The van der Waals surface area contributed by atoms with Crippen molar-refractivity contribution in [2.75, 3.05) is 52.4 Å². The SMILES string of the molecule is CC(C)(C)OC(=O)NC1CC(C)(C)c2ccc(C(=O)N3CCC4(CC3)CCN(c3ccncc3)CC4)cc21.CC(C)(C)OC(=O)NC1CC(C)(C)c2ccc(C(=O)O)cc21.CC1(C)CC(=O)c2cc(Br)ccc21.CC1(C)CC(=O)c2ccccc21.COC(=O)c1ccc2c(c1)/C(=N/O)CC2(C)C.COC(=O)c1ccc2c(c1)C(=O)CC2(C)C.COC(=O)c1ccc2c(c1)C(NC(=O)OC(C)(C)C)CC2(C)C.[Li+].[OH-]. The van der Waals surface area contributed by atoms with Gasteiger partial charge in [-0.05, 0) is 291 Å². The first-order chi connectivity index (χ1) is 65.5. The number of Topliss-reactive ketones (excluding diaryl/α,β-unsaturated/α-hetero) is 3. The Hall–Kier alpha value is -11.8. The fraction of sp³-hybridized carbons (Fsp3) is 0.482. The van der Waals surface area contributed by atoms with Crippen LogP contribution in [-0.4, -0.2) is 161 Å². The maximum atomic E-state index is 13.6. The van der Waals surface area contributed by atoms with Crippen molar-refractivity contribution in [3.05, 3.63) is 268 Å². The minimum atomic E-state index is -0.969. The van der Waals surface area contributed by atoms with Crippen LogP contribution >= 0.6 is 15.9 Å². The van der Waals surface area contributed by atoms with Gasteiger partial charge in [0.15, 0.2) is 17.3 Å². The van der Waals surface area contributed by atoms with Gasteiger partial charge in [0.05, 0.1) is 67.4 Å². The van der Waals surface area contributed by atoms with Crippen LogP contribution in [0.3, 0.4) is 0 Å². The third-order valence-corrected chi connectivity index (χ3v) is 28.5. The van der Waals surface area contributed by atoms with Gasteiger partial charge in [-0.15, -0.1) is 0 Å². The predicted molar refractivity (Wildman–Crippen MR) is 550 cm³/mol. The van der Waals surface area contributed by atoms with Crippen molar-refractivity contribution in [3.8, 4) is 0 Å². The number of ether oxygens (including phenoxy) is 6. The number of nitrogens with one attached hydrogen (secondary N) is 3. The van der Waals surface area contributed by atoms with Gasteiger partial charge in [0.1, 0.15) is 16.8 Å². The number of likely N-dealkylation sites (tertiary alicyclic amines) is 1. The normalized spacial score (nSPS) is 19.4.